The molecule has 0 saturated carbocycles. The van der Waals surface area contributed by atoms with Gasteiger partial charge in [-0.25, -0.2) is 0 Å². The normalized spacial score (nSPS) is 14.5. The van der Waals surface area contributed by atoms with Gasteiger partial charge in [0.1, 0.15) is 0 Å². The monoisotopic (exact) mass is 569 g/mol. The van der Waals surface area contributed by atoms with E-state index in [4.69, 9.17) is 15.5 Å². The summed E-state index contributed by atoms with van der Waals surface area (Å²) >= 11 is 0. The summed E-state index contributed by atoms with van der Waals surface area (Å²) in [5.74, 6) is 1.19. The Labute approximate surface area is 242 Å². The van der Waals surface area contributed by atoms with E-state index >= 15 is 0 Å². The second-order valence-corrected chi connectivity index (χ2v) is 21.5. The van der Waals surface area contributed by atoms with Gasteiger partial charge in [-0.05, 0) is 78.3 Å². The lowest BCUT2D eigenvalue weighted by molar-refractivity contribution is -0.861. The lowest BCUT2D eigenvalue weighted by Gasteiger charge is -2.40. The van der Waals surface area contributed by atoms with Crippen LogP contribution in [0.4, 0.5) is 0 Å². The molecule has 226 valence electrons. The largest absolute Gasteiger partial charge is 0.436 e. The summed E-state index contributed by atoms with van der Waals surface area (Å²) in [5.41, 5.74) is -0.668. The van der Waals surface area contributed by atoms with Crippen molar-refractivity contribution in [2.24, 2.45) is 0 Å². The van der Waals surface area contributed by atoms with Crippen LogP contribution in [-0.4, -0.2) is 66.1 Å². The van der Waals surface area contributed by atoms with Crippen LogP contribution in [0.2, 0.25) is 31.7 Å². The molecule has 38 heavy (non-hydrogen) atoms. The molecular formula is C32H69N2O2Si2+. The highest BCUT2D eigenvalue weighted by molar-refractivity contribution is 6.82. The van der Waals surface area contributed by atoms with Crippen LogP contribution in [0.3, 0.4) is 0 Å². The smallest absolute Gasteiger partial charge is 0.325 e. The highest BCUT2D eigenvalue weighted by Gasteiger charge is 2.41. The molecule has 0 spiro atoms. The third kappa shape index (κ3) is 19.0. The van der Waals surface area contributed by atoms with Crippen LogP contribution in [0.15, 0.2) is 12.4 Å². The van der Waals surface area contributed by atoms with E-state index in [2.05, 4.69) is 66.1 Å². The number of quaternary nitrogens is 1. The third-order valence-corrected chi connectivity index (χ3v) is 15.4. The Morgan fingerprint density at radius 3 is 1.76 bits per heavy atom. The van der Waals surface area contributed by atoms with Gasteiger partial charge in [0.15, 0.2) is 14.1 Å². The molecule has 2 radical (unpaired) electrons. The Balaban J connectivity index is 4.62. The number of hydrogen-bond donors (Lipinski definition) is 0. The molecule has 6 heteroatoms. The van der Waals surface area contributed by atoms with Gasteiger partial charge in [-0.2, -0.15) is 0 Å². The van der Waals surface area contributed by atoms with E-state index in [1.165, 1.54) is 95.3 Å². The topological polar surface area (TPSA) is 21.7 Å². The fraction of sp³-hybridized carbons (Fsp3) is 0.906. The fourth-order valence-electron chi connectivity index (χ4n) is 5.47. The van der Waals surface area contributed by atoms with Crippen LogP contribution >= 0.6 is 0 Å². The molecule has 0 aromatic heterocycles. The van der Waals surface area contributed by atoms with E-state index < -0.39 is 22.5 Å². The van der Waals surface area contributed by atoms with Crippen molar-refractivity contribution in [1.82, 2.24) is 4.90 Å². The van der Waals surface area contributed by atoms with Gasteiger partial charge in [0.25, 0.3) is 0 Å². The molecule has 1 atom stereocenters. The van der Waals surface area contributed by atoms with Crippen molar-refractivity contribution in [3.05, 3.63) is 19.3 Å². The maximum absolute atomic E-state index is 6.91. The van der Waals surface area contributed by atoms with Crippen molar-refractivity contribution in [3.63, 3.8) is 0 Å². The van der Waals surface area contributed by atoms with Gasteiger partial charge in [-0.15, -0.1) is 0 Å². The van der Waals surface area contributed by atoms with Crippen molar-refractivity contribution in [3.8, 4) is 0 Å². The average Bonchev–Trinajstić information content (AvgIpc) is 2.77. The quantitative estimate of drug-likeness (QED) is 0.0620. The first-order valence-electron chi connectivity index (χ1n) is 16.0. The molecule has 0 N–H and O–H groups in total. The van der Waals surface area contributed by atoms with Crippen LogP contribution in [0.5, 0.6) is 0 Å². The van der Waals surface area contributed by atoms with Gasteiger partial charge in [0, 0.05) is 13.6 Å². The first-order valence-corrected chi connectivity index (χ1v) is 21.6. The molecule has 1 unspecified atom stereocenters. The first-order chi connectivity index (χ1) is 17.6. The number of nitrogens with zero attached hydrogens (tertiary/aromatic N) is 2. The Morgan fingerprint density at radius 2 is 1.26 bits per heavy atom. The van der Waals surface area contributed by atoms with E-state index in [0.29, 0.717) is 0 Å². The number of unbranched alkanes of at least 4 members (excludes halogenated alkanes) is 11. The number of rotatable bonds is 25. The molecule has 0 aliphatic heterocycles. The molecule has 0 aromatic rings. The predicted octanol–water partition coefficient (Wildman–Crippen LogP) is 9.77. The Hall–Kier alpha value is -0.146. The van der Waals surface area contributed by atoms with Gasteiger partial charge in [-0.1, -0.05) is 84.5 Å². The summed E-state index contributed by atoms with van der Waals surface area (Å²) in [4.78, 5) is 2.35. The zero-order valence-electron chi connectivity index (χ0n) is 27.7. The standard InChI is InChI=1S/C32H69N2O2Si2/c1-13-15-17-18-19-20-21-22-23-24-28-34(8,9)31(3)33(7)27-26-30-38(12,35-32(4,5)6)36-37(10,11)29-25-16-14-2/h4H,3,13-30H2,1-2,5-12H3/q+1. The van der Waals surface area contributed by atoms with Gasteiger partial charge in [0.05, 0.1) is 26.2 Å². The molecule has 0 amide bonds. The van der Waals surface area contributed by atoms with Gasteiger partial charge in [0.2, 0.25) is 0 Å². The van der Waals surface area contributed by atoms with Gasteiger partial charge in [-0.3, -0.25) is 4.48 Å². The summed E-state index contributed by atoms with van der Waals surface area (Å²) in [6.45, 7) is 28.3. The Bertz CT molecular complexity index is 619. The third-order valence-electron chi connectivity index (χ3n) is 7.69. The van der Waals surface area contributed by atoms with E-state index in [1.54, 1.807) is 0 Å². The van der Waals surface area contributed by atoms with Crippen LogP contribution in [0.1, 0.15) is 118 Å². The lowest BCUT2D eigenvalue weighted by Crippen LogP contribution is -2.52. The maximum atomic E-state index is 6.91. The second-order valence-electron chi connectivity index (χ2n) is 13.7. The van der Waals surface area contributed by atoms with E-state index in [1.807, 2.05) is 13.8 Å². The lowest BCUT2D eigenvalue weighted by atomic mass is 10.1. The summed E-state index contributed by atoms with van der Waals surface area (Å²) in [7, 11) is 2.61. The molecule has 0 heterocycles. The van der Waals surface area contributed by atoms with Crippen LogP contribution < -0.4 is 0 Å². The van der Waals surface area contributed by atoms with E-state index in [0.717, 1.165) is 30.0 Å². The summed E-state index contributed by atoms with van der Waals surface area (Å²) in [6, 6.07) is 2.15. The van der Waals surface area contributed by atoms with Crippen LogP contribution in [0, 0.1) is 6.92 Å². The summed E-state index contributed by atoms with van der Waals surface area (Å²) in [6.07, 6.45) is 18.6. The molecular weight excluding hydrogens is 501 g/mol. The fourth-order valence-corrected chi connectivity index (χ4v) is 14.2. The second kappa shape index (κ2) is 19.1. The molecule has 0 aliphatic rings. The molecule has 4 nitrogen and oxygen atoms in total. The molecule has 0 rings (SSSR count). The summed E-state index contributed by atoms with van der Waals surface area (Å²) < 4.78 is 14.2. The highest BCUT2D eigenvalue weighted by atomic mass is 28.4. The number of hydrogen-bond acceptors (Lipinski definition) is 3. The van der Waals surface area contributed by atoms with Crippen LogP contribution in [-0.2, 0) is 8.54 Å². The molecule has 0 aromatic carbocycles. The zero-order valence-corrected chi connectivity index (χ0v) is 29.7. The molecule has 0 fully saturated rings. The SMILES string of the molecule is [CH]C(C)(C)O[Si](C)(CCCN(C)C(=C)[N+](C)(C)CCCCCCCCCCCC)O[Si](C)(C)CCCCC. The highest BCUT2D eigenvalue weighted by Crippen LogP contribution is 2.29. The van der Waals surface area contributed by atoms with E-state index in [-0.39, 0.29) is 0 Å². The molecule has 0 aliphatic carbocycles. The average molecular weight is 570 g/mol. The van der Waals surface area contributed by atoms with E-state index in [9.17, 15) is 0 Å². The Morgan fingerprint density at radius 1 is 0.789 bits per heavy atom. The molecule has 0 saturated heterocycles. The van der Waals surface area contributed by atoms with Crippen molar-refractivity contribution in [1.29, 1.82) is 0 Å². The summed E-state index contributed by atoms with van der Waals surface area (Å²) in [5, 5.41) is 0. The minimum Gasteiger partial charge on any atom is -0.436 e. The maximum Gasteiger partial charge on any atom is 0.325 e. The van der Waals surface area contributed by atoms with Gasteiger partial charge >= 0.3 is 8.56 Å². The van der Waals surface area contributed by atoms with Crippen molar-refractivity contribution in [2.75, 3.05) is 34.2 Å². The minimum absolute atomic E-state index is 0.668. The zero-order chi connectivity index (χ0) is 29.3. The first kappa shape index (κ1) is 37.9. The van der Waals surface area contributed by atoms with Crippen molar-refractivity contribution >= 4 is 16.9 Å². The predicted molar refractivity (Wildman–Crippen MR) is 174 cm³/mol. The minimum atomic E-state index is -2.40. The van der Waals surface area contributed by atoms with Gasteiger partial charge < -0.3 is 13.4 Å². The van der Waals surface area contributed by atoms with Crippen LogP contribution in [0.25, 0.3) is 0 Å². The van der Waals surface area contributed by atoms with Crippen molar-refractivity contribution in [2.45, 2.75) is 155 Å². The van der Waals surface area contributed by atoms with Crippen molar-refractivity contribution < 1.29 is 13.0 Å². The molecule has 0 bridgehead atoms. The Kier molecular flexibility index (Phi) is 19.0.